The smallest absolute Gasteiger partial charge is 0.227 e. The van der Waals surface area contributed by atoms with E-state index < -0.39 is 5.82 Å². The Morgan fingerprint density at radius 1 is 1.29 bits per heavy atom. The van der Waals surface area contributed by atoms with Gasteiger partial charge in [0.25, 0.3) is 0 Å². The highest BCUT2D eigenvalue weighted by Crippen LogP contribution is 2.33. The fourth-order valence-corrected chi connectivity index (χ4v) is 4.17. The maximum atomic E-state index is 13.9. The predicted molar refractivity (Wildman–Crippen MR) is 129 cm³/mol. The number of rotatable bonds is 8. The van der Waals surface area contributed by atoms with Crippen molar-refractivity contribution in [3.63, 3.8) is 0 Å². The number of nitrogens with zero attached hydrogens (tertiary/aromatic N) is 3. The van der Waals surface area contributed by atoms with Gasteiger partial charge in [-0.25, -0.2) is 9.07 Å². The summed E-state index contributed by atoms with van der Waals surface area (Å²) in [5.41, 5.74) is 2.22. The first-order valence-corrected chi connectivity index (χ1v) is 11.9. The normalized spacial score (nSPS) is 15.6. The third-order valence-corrected chi connectivity index (χ3v) is 6.07. The van der Waals surface area contributed by atoms with Crippen molar-refractivity contribution in [2.75, 3.05) is 13.2 Å². The quantitative estimate of drug-likeness (QED) is 0.397. The van der Waals surface area contributed by atoms with E-state index in [4.69, 9.17) is 26.2 Å². The molecule has 1 unspecified atom stereocenters. The maximum Gasteiger partial charge on any atom is 0.227 e. The molecule has 0 spiro atoms. The van der Waals surface area contributed by atoms with Crippen molar-refractivity contribution in [3.05, 3.63) is 70.6 Å². The third-order valence-electron chi connectivity index (χ3n) is 5.82. The first-order chi connectivity index (χ1) is 16.3. The molecule has 6 nitrogen and oxygen atoms in total. The van der Waals surface area contributed by atoms with E-state index in [2.05, 4.69) is 0 Å². The number of ether oxygens (including phenoxy) is 2. The van der Waals surface area contributed by atoms with Crippen molar-refractivity contribution in [3.8, 4) is 17.3 Å². The van der Waals surface area contributed by atoms with Gasteiger partial charge in [-0.1, -0.05) is 31.5 Å². The number of hydrogen-bond acceptors (Lipinski definition) is 4. The minimum absolute atomic E-state index is 0.0157. The first-order valence-electron chi connectivity index (χ1n) is 11.5. The van der Waals surface area contributed by atoms with Crippen molar-refractivity contribution in [1.29, 1.82) is 0 Å². The van der Waals surface area contributed by atoms with E-state index in [-0.39, 0.29) is 17.9 Å². The summed E-state index contributed by atoms with van der Waals surface area (Å²) in [5.74, 6) is 0.242. The second kappa shape index (κ2) is 10.6. The van der Waals surface area contributed by atoms with Crippen molar-refractivity contribution in [2.45, 2.75) is 46.3 Å². The molecule has 34 heavy (non-hydrogen) atoms. The van der Waals surface area contributed by atoms with E-state index in [1.807, 2.05) is 37.8 Å². The van der Waals surface area contributed by atoms with Crippen LogP contribution in [0.3, 0.4) is 0 Å². The summed E-state index contributed by atoms with van der Waals surface area (Å²) in [6.45, 7) is 7.18. The third kappa shape index (κ3) is 5.59. The molecule has 3 aromatic rings. The van der Waals surface area contributed by atoms with Gasteiger partial charge in [0.2, 0.25) is 11.8 Å². The second-order valence-electron chi connectivity index (χ2n) is 8.83. The number of benzene rings is 2. The molecule has 1 saturated heterocycles. The molecular weight excluding hydrogens is 457 g/mol. The zero-order valence-corrected chi connectivity index (χ0v) is 20.4. The van der Waals surface area contributed by atoms with Crippen LogP contribution in [0.4, 0.5) is 4.39 Å². The van der Waals surface area contributed by atoms with Gasteiger partial charge < -0.3 is 14.4 Å². The molecule has 8 heteroatoms. The van der Waals surface area contributed by atoms with E-state index in [0.717, 1.165) is 36.4 Å². The molecule has 2 heterocycles. The first kappa shape index (κ1) is 24.2. The summed E-state index contributed by atoms with van der Waals surface area (Å²) < 4.78 is 27.6. The largest absolute Gasteiger partial charge is 0.438 e. The van der Waals surface area contributed by atoms with Gasteiger partial charge in [0.1, 0.15) is 11.6 Å². The van der Waals surface area contributed by atoms with Crippen LogP contribution in [0.15, 0.2) is 48.5 Å². The summed E-state index contributed by atoms with van der Waals surface area (Å²) in [4.78, 5) is 14.9. The summed E-state index contributed by atoms with van der Waals surface area (Å²) in [5, 5.41) is 5.31. The van der Waals surface area contributed by atoms with Gasteiger partial charge in [0, 0.05) is 30.2 Å². The van der Waals surface area contributed by atoms with E-state index >= 15 is 0 Å². The highest BCUT2D eigenvalue weighted by molar-refractivity contribution is 6.30. The molecule has 1 fully saturated rings. The number of aryl methyl sites for hydroxylation is 1. The number of carbonyl (C=O) groups is 1. The predicted octanol–water partition coefficient (Wildman–Crippen LogP) is 5.93. The lowest BCUT2D eigenvalue weighted by molar-refractivity contribution is -0.136. The number of carbonyl (C=O) groups excluding carboxylic acids is 1. The highest BCUT2D eigenvalue weighted by atomic mass is 35.5. The molecule has 4 rings (SSSR count). The molecule has 0 bridgehead atoms. The number of amides is 1. The average Bonchev–Trinajstić information content (AvgIpc) is 3.42. The van der Waals surface area contributed by atoms with E-state index in [1.54, 1.807) is 28.9 Å². The lowest BCUT2D eigenvalue weighted by atomic mass is 10.1. The van der Waals surface area contributed by atoms with Crippen molar-refractivity contribution in [2.24, 2.45) is 5.92 Å². The average molecular weight is 486 g/mol. The van der Waals surface area contributed by atoms with Gasteiger partial charge in [-0.15, -0.1) is 0 Å². The lowest BCUT2D eigenvalue weighted by Crippen LogP contribution is -2.39. The zero-order valence-electron chi connectivity index (χ0n) is 19.6. The molecule has 0 radical (unpaired) electrons. The van der Waals surface area contributed by atoms with Crippen LogP contribution in [0.5, 0.6) is 11.6 Å². The molecule has 0 saturated carbocycles. The topological polar surface area (TPSA) is 56.6 Å². The Kier molecular flexibility index (Phi) is 7.54. The summed E-state index contributed by atoms with van der Waals surface area (Å²) in [6, 6.07) is 13.2. The van der Waals surface area contributed by atoms with Crippen LogP contribution in [-0.4, -0.2) is 39.8 Å². The number of hydrogen-bond donors (Lipinski definition) is 0. The molecule has 1 aromatic heterocycles. The van der Waals surface area contributed by atoms with Crippen molar-refractivity contribution < 1.29 is 18.7 Å². The van der Waals surface area contributed by atoms with Gasteiger partial charge in [0.05, 0.1) is 29.6 Å². The van der Waals surface area contributed by atoms with Gasteiger partial charge in [0.15, 0.2) is 0 Å². The van der Waals surface area contributed by atoms with E-state index in [1.165, 1.54) is 12.1 Å². The Balaban J connectivity index is 1.74. The van der Waals surface area contributed by atoms with Gasteiger partial charge >= 0.3 is 0 Å². The Bertz CT molecular complexity index is 1140. The van der Waals surface area contributed by atoms with Crippen LogP contribution in [0.2, 0.25) is 5.02 Å². The van der Waals surface area contributed by atoms with Gasteiger partial charge in [-0.3, -0.25) is 4.79 Å². The van der Waals surface area contributed by atoms with Crippen LogP contribution >= 0.6 is 11.6 Å². The minimum Gasteiger partial charge on any atom is -0.438 e. The Labute approximate surface area is 204 Å². The fraction of sp³-hybridized carbons (Fsp3) is 0.385. The zero-order chi connectivity index (χ0) is 24.2. The van der Waals surface area contributed by atoms with Gasteiger partial charge in [-0.05, 0) is 56.2 Å². The molecular formula is C26H29ClFN3O3. The van der Waals surface area contributed by atoms with Crippen LogP contribution in [0, 0.1) is 18.7 Å². The van der Waals surface area contributed by atoms with E-state index in [9.17, 15) is 9.18 Å². The summed E-state index contributed by atoms with van der Waals surface area (Å²) in [7, 11) is 0. The van der Waals surface area contributed by atoms with Crippen LogP contribution < -0.4 is 4.74 Å². The molecule has 180 valence electrons. The minimum atomic E-state index is -0.400. The van der Waals surface area contributed by atoms with E-state index in [0.29, 0.717) is 29.7 Å². The lowest BCUT2D eigenvalue weighted by Gasteiger charge is -2.27. The molecule has 1 aliphatic rings. The molecule has 2 aromatic carbocycles. The summed E-state index contributed by atoms with van der Waals surface area (Å²) in [6.07, 6.45) is 1.94. The monoisotopic (exact) mass is 485 g/mol. The molecule has 1 amide bonds. The molecule has 0 aliphatic carbocycles. The number of halogens is 2. The standard InChI is InChI=1S/C26H29ClFN3O3/c1-17(2)25(32)30(15-23-8-5-13-33-23)16-24-18(3)29-31(21-11-9-19(27)10-12-21)26(24)34-22-7-4-6-20(28)14-22/h4,6-7,9-12,14,17,23H,5,8,13,15-16H2,1-3H3. The van der Waals surface area contributed by atoms with Crippen LogP contribution in [0.25, 0.3) is 5.69 Å². The SMILES string of the molecule is Cc1nn(-c2ccc(Cl)cc2)c(Oc2cccc(F)c2)c1CN(CC1CCCO1)C(=O)C(C)C. The highest BCUT2D eigenvalue weighted by Gasteiger charge is 2.28. The van der Waals surface area contributed by atoms with Gasteiger partial charge in [-0.2, -0.15) is 5.10 Å². The fourth-order valence-electron chi connectivity index (χ4n) is 4.05. The maximum absolute atomic E-state index is 13.9. The summed E-state index contributed by atoms with van der Waals surface area (Å²) >= 11 is 6.08. The van der Waals surface area contributed by atoms with Crippen molar-refractivity contribution >= 4 is 17.5 Å². The molecule has 1 aliphatic heterocycles. The second-order valence-corrected chi connectivity index (χ2v) is 9.26. The molecule has 0 N–H and O–H groups in total. The van der Waals surface area contributed by atoms with Crippen LogP contribution in [0.1, 0.15) is 37.9 Å². The Morgan fingerprint density at radius 3 is 2.71 bits per heavy atom. The Hall–Kier alpha value is -2.90. The van der Waals surface area contributed by atoms with Crippen molar-refractivity contribution in [1.82, 2.24) is 14.7 Å². The molecule has 1 atom stereocenters. The Morgan fingerprint density at radius 2 is 2.06 bits per heavy atom. The number of aromatic nitrogens is 2. The van der Waals surface area contributed by atoms with Crippen LogP contribution in [-0.2, 0) is 16.1 Å².